The number of anilines is 1. The number of nitrogens with zero attached hydrogens (tertiary/aromatic N) is 3. The second-order valence-electron chi connectivity index (χ2n) is 5.76. The van der Waals surface area contributed by atoms with Crippen LogP contribution in [-0.2, 0) is 4.79 Å². The van der Waals surface area contributed by atoms with Crippen LogP contribution in [0.3, 0.4) is 0 Å². The Hall–Kier alpha value is -4.08. The highest BCUT2D eigenvalue weighted by molar-refractivity contribution is 6.17. The van der Waals surface area contributed by atoms with Crippen molar-refractivity contribution in [3.8, 4) is 0 Å². The zero-order valence-corrected chi connectivity index (χ0v) is 14.5. The van der Waals surface area contributed by atoms with Gasteiger partial charge in [0.25, 0.3) is 11.6 Å². The molecule has 0 saturated carbocycles. The molecule has 1 heterocycles. The first-order chi connectivity index (χ1) is 13.3. The zero-order chi connectivity index (χ0) is 20.3. The van der Waals surface area contributed by atoms with Crippen LogP contribution in [0.1, 0.15) is 5.56 Å². The number of aliphatic imine (C=N–C) groups is 1. The molecule has 1 fully saturated rings. The molecule has 3 amide bonds. The fourth-order valence-electron chi connectivity index (χ4n) is 2.41. The van der Waals surface area contributed by atoms with Gasteiger partial charge in [0.2, 0.25) is 5.96 Å². The Kier molecular flexibility index (Phi) is 5.12. The van der Waals surface area contributed by atoms with Crippen molar-refractivity contribution in [3.63, 3.8) is 0 Å². The summed E-state index contributed by atoms with van der Waals surface area (Å²) in [5.74, 6) is -0.903. The van der Waals surface area contributed by atoms with Crippen LogP contribution in [-0.4, -0.2) is 34.8 Å². The Bertz CT molecular complexity index is 1000. The topological polar surface area (TPSA) is 117 Å². The third-order valence-corrected chi connectivity index (χ3v) is 3.85. The zero-order valence-electron chi connectivity index (χ0n) is 14.5. The van der Waals surface area contributed by atoms with Crippen LogP contribution < -0.4 is 10.6 Å². The predicted molar refractivity (Wildman–Crippen MR) is 99.8 cm³/mol. The summed E-state index contributed by atoms with van der Waals surface area (Å²) < 4.78 is 12.9. The van der Waals surface area contributed by atoms with Crippen molar-refractivity contribution < 1.29 is 18.9 Å². The van der Waals surface area contributed by atoms with Gasteiger partial charge in [-0.3, -0.25) is 20.2 Å². The number of halogens is 1. The van der Waals surface area contributed by atoms with Gasteiger partial charge in [-0.05, 0) is 48.0 Å². The quantitative estimate of drug-likeness (QED) is 0.480. The van der Waals surface area contributed by atoms with E-state index in [2.05, 4.69) is 15.6 Å². The van der Waals surface area contributed by atoms with E-state index in [1.54, 1.807) is 7.05 Å². The molecule has 1 aliphatic heterocycles. The molecule has 1 aliphatic rings. The molecule has 2 N–H and O–H groups in total. The molecule has 0 bridgehead atoms. The number of nitrogens with one attached hydrogen (secondary N) is 2. The summed E-state index contributed by atoms with van der Waals surface area (Å²) in [5, 5.41) is 15.6. The standard InChI is InChI=1S/C18H14FN5O4/c1-23-15(10-11-2-8-14(9-3-11)24(27)28)16(25)21-17(23)22-18(26)20-13-6-4-12(19)5-7-13/h2-10H,1H3,(H2,20,21,22,25,26)/b15-10+. The highest BCUT2D eigenvalue weighted by atomic mass is 19.1. The molecule has 28 heavy (non-hydrogen) atoms. The van der Waals surface area contributed by atoms with Crippen LogP contribution in [0.4, 0.5) is 20.6 Å². The SMILES string of the molecule is CN1/C(=C/c2ccc([N+](=O)[O-])cc2)C(=O)N/C1=N\C(=O)Nc1ccc(F)cc1. The lowest BCUT2D eigenvalue weighted by Gasteiger charge is -2.11. The van der Waals surface area contributed by atoms with E-state index in [1.807, 2.05) is 0 Å². The van der Waals surface area contributed by atoms with Crippen LogP contribution in [0.2, 0.25) is 0 Å². The van der Waals surface area contributed by atoms with Gasteiger partial charge >= 0.3 is 6.03 Å². The molecule has 3 rings (SSSR count). The summed E-state index contributed by atoms with van der Waals surface area (Å²) in [6, 6.07) is 10.0. The second kappa shape index (κ2) is 7.66. The first kappa shape index (κ1) is 18.7. The van der Waals surface area contributed by atoms with Gasteiger partial charge in [-0.2, -0.15) is 4.99 Å². The Morgan fingerprint density at radius 3 is 2.46 bits per heavy atom. The number of urea groups is 1. The highest BCUT2D eigenvalue weighted by Gasteiger charge is 2.29. The number of benzene rings is 2. The number of guanidine groups is 1. The molecule has 0 spiro atoms. The van der Waals surface area contributed by atoms with Gasteiger partial charge in [0, 0.05) is 24.9 Å². The molecule has 10 heteroatoms. The summed E-state index contributed by atoms with van der Waals surface area (Å²) >= 11 is 0. The van der Waals surface area contributed by atoms with E-state index < -0.39 is 22.7 Å². The summed E-state index contributed by atoms with van der Waals surface area (Å²) in [5.41, 5.74) is 1.07. The maximum atomic E-state index is 12.9. The molecule has 2 aromatic rings. The number of carbonyl (C=O) groups excluding carboxylic acids is 2. The lowest BCUT2D eigenvalue weighted by molar-refractivity contribution is -0.384. The molecule has 0 aromatic heterocycles. The van der Waals surface area contributed by atoms with Gasteiger partial charge in [0.05, 0.1) is 4.92 Å². The summed E-state index contributed by atoms with van der Waals surface area (Å²) in [7, 11) is 1.54. The minimum atomic E-state index is -0.745. The van der Waals surface area contributed by atoms with Crippen LogP contribution in [0.25, 0.3) is 6.08 Å². The third kappa shape index (κ3) is 4.18. The van der Waals surface area contributed by atoms with Crippen molar-refractivity contribution in [2.24, 2.45) is 4.99 Å². The van der Waals surface area contributed by atoms with Crippen molar-refractivity contribution in [2.75, 3.05) is 12.4 Å². The van der Waals surface area contributed by atoms with E-state index in [1.165, 1.54) is 59.5 Å². The van der Waals surface area contributed by atoms with E-state index >= 15 is 0 Å². The smallest absolute Gasteiger partial charge is 0.310 e. The number of hydrogen-bond acceptors (Lipinski definition) is 4. The Labute approximate surface area is 158 Å². The average Bonchev–Trinajstić information content (AvgIpc) is 2.91. The van der Waals surface area contributed by atoms with E-state index in [9.17, 15) is 24.1 Å². The van der Waals surface area contributed by atoms with E-state index in [-0.39, 0.29) is 17.3 Å². The second-order valence-corrected chi connectivity index (χ2v) is 5.76. The predicted octanol–water partition coefficient (Wildman–Crippen LogP) is 2.72. The maximum Gasteiger partial charge on any atom is 0.348 e. The fourth-order valence-corrected chi connectivity index (χ4v) is 2.41. The molecule has 1 saturated heterocycles. The van der Waals surface area contributed by atoms with Crippen molar-refractivity contribution in [3.05, 3.63) is 75.7 Å². The minimum Gasteiger partial charge on any atom is -0.310 e. The molecule has 0 radical (unpaired) electrons. The molecule has 0 unspecified atom stereocenters. The summed E-state index contributed by atoms with van der Waals surface area (Å²) in [6.07, 6.45) is 1.51. The van der Waals surface area contributed by atoms with Crippen LogP contribution in [0, 0.1) is 15.9 Å². The number of non-ortho nitro benzene ring substituents is 1. The summed E-state index contributed by atoms with van der Waals surface area (Å²) in [4.78, 5) is 39.5. The van der Waals surface area contributed by atoms with Crippen LogP contribution in [0.5, 0.6) is 0 Å². The summed E-state index contributed by atoms with van der Waals surface area (Å²) in [6.45, 7) is 0. The molecule has 0 aliphatic carbocycles. The van der Waals surface area contributed by atoms with Gasteiger partial charge in [-0.15, -0.1) is 0 Å². The first-order valence-electron chi connectivity index (χ1n) is 8.00. The van der Waals surface area contributed by atoms with E-state index in [4.69, 9.17) is 0 Å². The van der Waals surface area contributed by atoms with Crippen molar-refractivity contribution in [1.82, 2.24) is 10.2 Å². The normalized spacial score (nSPS) is 16.4. The van der Waals surface area contributed by atoms with Crippen molar-refractivity contribution in [2.45, 2.75) is 0 Å². The van der Waals surface area contributed by atoms with Gasteiger partial charge in [-0.1, -0.05) is 0 Å². The van der Waals surface area contributed by atoms with Crippen molar-refractivity contribution in [1.29, 1.82) is 0 Å². The lowest BCUT2D eigenvalue weighted by atomic mass is 10.1. The van der Waals surface area contributed by atoms with Crippen LogP contribution >= 0.6 is 0 Å². The number of nitro groups is 1. The number of carbonyl (C=O) groups is 2. The maximum absolute atomic E-state index is 12.9. The Morgan fingerprint density at radius 2 is 1.86 bits per heavy atom. The van der Waals surface area contributed by atoms with E-state index in [0.29, 0.717) is 11.3 Å². The minimum absolute atomic E-state index is 0.0118. The van der Waals surface area contributed by atoms with Gasteiger partial charge in [0.1, 0.15) is 11.5 Å². The van der Waals surface area contributed by atoms with Crippen molar-refractivity contribution >= 4 is 35.3 Å². The first-order valence-corrected chi connectivity index (χ1v) is 8.00. The number of likely N-dealkylation sites (N-methyl/N-ethyl adjacent to an activating group) is 1. The average molecular weight is 383 g/mol. The van der Waals surface area contributed by atoms with E-state index in [0.717, 1.165) is 0 Å². The van der Waals surface area contributed by atoms with Crippen LogP contribution in [0.15, 0.2) is 59.2 Å². The van der Waals surface area contributed by atoms with Gasteiger partial charge in [-0.25, -0.2) is 9.18 Å². The largest absolute Gasteiger partial charge is 0.348 e. The number of amides is 3. The Morgan fingerprint density at radius 1 is 1.21 bits per heavy atom. The molecular formula is C18H14FN5O4. The van der Waals surface area contributed by atoms with Gasteiger partial charge < -0.3 is 10.2 Å². The van der Waals surface area contributed by atoms with Gasteiger partial charge in [0.15, 0.2) is 0 Å². The lowest BCUT2D eigenvalue weighted by Crippen LogP contribution is -2.29. The molecular weight excluding hydrogens is 369 g/mol. The highest BCUT2D eigenvalue weighted by Crippen LogP contribution is 2.18. The number of nitro benzene ring substituents is 1. The third-order valence-electron chi connectivity index (χ3n) is 3.85. The Balaban J connectivity index is 1.75. The molecule has 142 valence electrons. The number of hydrogen-bond donors (Lipinski definition) is 2. The molecule has 0 atom stereocenters. The molecule has 9 nitrogen and oxygen atoms in total. The fraction of sp³-hybridized carbons (Fsp3) is 0.0556. The molecule has 2 aromatic carbocycles. The monoisotopic (exact) mass is 383 g/mol. The number of rotatable bonds is 3.